The molecule has 2 saturated heterocycles. The van der Waals surface area contributed by atoms with Gasteiger partial charge in [0.25, 0.3) is 5.91 Å². The maximum Gasteiger partial charge on any atom is 0.419 e. The highest BCUT2D eigenvalue weighted by molar-refractivity contribution is 5.94. The Kier molecular flexibility index (Phi) is 5.82. The molecule has 2 aliphatic rings. The quantitative estimate of drug-likeness (QED) is 0.704. The number of piperidine rings is 1. The van der Waals surface area contributed by atoms with Crippen molar-refractivity contribution in [3.8, 4) is 0 Å². The molecule has 2 aromatic rings. The van der Waals surface area contributed by atoms with E-state index in [-0.39, 0.29) is 11.6 Å². The van der Waals surface area contributed by atoms with Crippen LogP contribution in [0, 0.1) is 5.82 Å². The molecule has 4 rings (SSSR count). The molecule has 2 bridgehead atoms. The largest absolute Gasteiger partial charge is 0.419 e. The highest BCUT2D eigenvalue weighted by Gasteiger charge is 2.41. The summed E-state index contributed by atoms with van der Waals surface area (Å²) in [4.78, 5) is 15.0. The Morgan fingerprint density at radius 2 is 1.70 bits per heavy atom. The Balaban J connectivity index is 1.37. The Hall–Kier alpha value is -2.41. The van der Waals surface area contributed by atoms with Gasteiger partial charge in [0.05, 0.1) is 5.56 Å². The van der Waals surface area contributed by atoms with Crippen LogP contribution in [0.15, 0.2) is 48.5 Å². The Labute approximate surface area is 173 Å². The number of fused-ring (bicyclic) bond motifs is 2. The van der Waals surface area contributed by atoms with E-state index in [2.05, 4.69) is 22.3 Å². The number of alkyl halides is 3. The minimum Gasteiger partial charge on any atom is -0.349 e. The van der Waals surface area contributed by atoms with Crippen LogP contribution in [0.25, 0.3) is 0 Å². The lowest BCUT2D eigenvalue weighted by Crippen LogP contribution is -2.50. The van der Waals surface area contributed by atoms with Gasteiger partial charge in [-0.1, -0.05) is 30.3 Å². The summed E-state index contributed by atoms with van der Waals surface area (Å²) < 4.78 is 52.2. The third kappa shape index (κ3) is 4.51. The zero-order valence-electron chi connectivity index (χ0n) is 16.5. The molecule has 0 aliphatic carbocycles. The molecule has 30 heavy (non-hydrogen) atoms. The molecule has 0 spiro atoms. The second-order valence-corrected chi connectivity index (χ2v) is 8.19. The second kappa shape index (κ2) is 8.38. The van der Waals surface area contributed by atoms with E-state index in [4.69, 9.17) is 0 Å². The topological polar surface area (TPSA) is 32.3 Å². The summed E-state index contributed by atoms with van der Waals surface area (Å²) in [5.74, 6) is -1.95. The Morgan fingerprint density at radius 3 is 2.33 bits per heavy atom. The standard InChI is InChI=1S/C23H24F4N2O/c24-21-9-6-16(12-20(21)23(25,26)27)22(30)28-17-13-18-7-8-19(14-17)29(18)11-10-15-4-2-1-3-5-15/h1-6,9,12,17-19H,7-8,10-11,13-14H2,(H,28,30). The molecule has 1 N–H and O–H groups in total. The Morgan fingerprint density at radius 1 is 1.03 bits per heavy atom. The predicted molar refractivity (Wildman–Crippen MR) is 106 cm³/mol. The number of carbonyl (C=O) groups excluding carboxylic acids is 1. The summed E-state index contributed by atoms with van der Waals surface area (Å²) >= 11 is 0. The van der Waals surface area contributed by atoms with Gasteiger partial charge in [0.2, 0.25) is 0 Å². The molecule has 2 unspecified atom stereocenters. The third-order valence-corrected chi connectivity index (χ3v) is 6.26. The normalized spacial score (nSPS) is 24.1. The highest BCUT2D eigenvalue weighted by atomic mass is 19.4. The van der Waals surface area contributed by atoms with Crippen molar-refractivity contribution in [2.45, 2.75) is 56.4 Å². The number of amides is 1. The first-order valence-corrected chi connectivity index (χ1v) is 10.3. The molecule has 2 aromatic carbocycles. The number of hydrogen-bond acceptors (Lipinski definition) is 2. The van der Waals surface area contributed by atoms with Crippen LogP contribution in [-0.4, -0.2) is 35.5 Å². The van der Waals surface area contributed by atoms with Crippen molar-refractivity contribution >= 4 is 5.91 Å². The van der Waals surface area contributed by atoms with Crippen molar-refractivity contribution in [3.63, 3.8) is 0 Å². The van der Waals surface area contributed by atoms with Gasteiger partial charge in [0, 0.05) is 30.2 Å². The van der Waals surface area contributed by atoms with Crippen LogP contribution in [-0.2, 0) is 12.6 Å². The van der Waals surface area contributed by atoms with Crippen LogP contribution in [0.1, 0.15) is 47.2 Å². The average Bonchev–Trinajstić information content (AvgIpc) is 2.95. The molecule has 1 amide bonds. The van der Waals surface area contributed by atoms with E-state index in [9.17, 15) is 22.4 Å². The predicted octanol–water partition coefficient (Wildman–Crippen LogP) is 4.81. The van der Waals surface area contributed by atoms with E-state index in [1.807, 2.05) is 18.2 Å². The first-order chi connectivity index (χ1) is 14.3. The number of halogens is 4. The number of rotatable bonds is 5. The molecule has 2 atom stereocenters. The van der Waals surface area contributed by atoms with Crippen molar-refractivity contribution in [3.05, 3.63) is 71.0 Å². The molecule has 160 valence electrons. The van der Waals surface area contributed by atoms with Gasteiger partial charge in [-0.05, 0) is 55.9 Å². The fourth-order valence-corrected chi connectivity index (χ4v) is 4.81. The molecule has 2 fully saturated rings. The average molecular weight is 420 g/mol. The van der Waals surface area contributed by atoms with E-state index in [0.29, 0.717) is 24.2 Å². The fourth-order valence-electron chi connectivity index (χ4n) is 4.81. The molecule has 2 aliphatic heterocycles. The first kappa shape index (κ1) is 20.8. The second-order valence-electron chi connectivity index (χ2n) is 8.19. The fraction of sp³-hybridized carbons (Fsp3) is 0.435. The van der Waals surface area contributed by atoms with Gasteiger partial charge < -0.3 is 5.32 Å². The minimum absolute atomic E-state index is 0.0811. The van der Waals surface area contributed by atoms with Crippen LogP contribution in [0.5, 0.6) is 0 Å². The van der Waals surface area contributed by atoms with Crippen molar-refractivity contribution in [2.75, 3.05) is 6.54 Å². The van der Waals surface area contributed by atoms with Crippen LogP contribution in [0.2, 0.25) is 0 Å². The van der Waals surface area contributed by atoms with Gasteiger partial charge in [0.1, 0.15) is 5.82 Å². The van der Waals surface area contributed by atoms with Gasteiger partial charge in [-0.3, -0.25) is 9.69 Å². The highest BCUT2D eigenvalue weighted by Crippen LogP contribution is 2.36. The smallest absolute Gasteiger partial charge is 0.349 e. The van der Waals surface area contributed by atoms with Crippen LogP contribution in [0.3, 0.4) is 0 Å². The molecule has 2 heterocycles. The molecule has 0 saturated carbocycles. The van der Waals surface area contributed by atoms with E-state index in [1.54, 1.807) is 0 Å². The zero-order valence-corrected chi connectivity index (χ0v) is 16.5. The Bertz CT molecular complexity index is 886. The summed E-state index contributed by atoms with van der Waals surface area (Å²) in [6, 6.07) is 13.4. The van der Waals surface area contributed by atoms with Gasteiger partial charge in [0.15, 0.2) is 0 Å². The van der Waals surface area contributed by atoms with Gasteiger partial charge in [-0.2, -0.15) is 13.2 Å². The molecular formula is C23H24F4N2O. The van der Waals surface area contributed by atoms with Crippen LogP contribution in [0.4, 0.5) is 17.6 Å². The SMILES string of the molecule is O=C(NC1CC2CCC(C1)N2CCc1ccccc1)c1ccc(F)c(C(F)(F)F)c1. The maximum absolute atomic E-state index is 13.5. The van der Waals surface area contributed by atoms with Crippen molar-refractivity contribution in [1.82, 2.24) is 10.2 Å². The monoisotopic (exact) mass is 420 g/mol. The lowest BCUT2D eigenvalue weighted by Gasteiger charge is -2.39. The van der Waals surface area contributed by atoms with Gasteiger partial charge in [-0.15, -0.1) is 0 Å². The molecular weight excluding hydrogens is 396 g/mol. The molecule has 0 aromatic heterocycles. The lowest BCUT2D eigenvalue weighted by molar-refractivity contribution is -0.140. The summed E-state index contributed by atoms with van der Waals surface area (Å²) in [6.45, 7) is 0.965. The zero-order chi connectivity index (χ0) is 21.3. The third-order valence-electron chi connectivity index (χ3n) is 6.26. The van der Waals surface area contributed by atoms with Crippen molar-refractivity contribution in [1.29, 1.82) is 0 Å². The maximum atomic E-state index is 13.5. The van der Waals surface area contributed by atoms with Gasteiger partial charge in [-0.25, -0.2) is 4.39 Å². The van der Waals surface area contributed by atoms with E-state index in [0.717, 1.165) is 44.7 Å². The summed E-state index contributed by atoms with van der Waals surface area (Å²) in [5, 5.41) is 2.87. The lowest BCUT2D eigenvalue weighted by atomic mass is 9.96. The first-order valence-electron chi connectivity index (χ1n) is 10.3. The number of nitrogens with zero attached hydrogens (tertiary/aromatic N) is 1. The van der Waals surface area contributed by atoms with Crippen molar-refractivity contribution < 1.29 is 22.4 Å². The molecule has 3 nitrogen and oxygen atoms in total. The number of benzene rings is 2. The van der Waals surface area contributed by atoms with Crippen LogP contribution < -0.4 is 5.32 Å². The summed E-state index contributed by atoms with van der Waals surface area (Å²) in [5.41, 5.74) is -0.280. The van der Waals surface area contributed by atoms with E-state index in [1.165, 1.54) is 5.56 Å². The number of hydrogen-bond donors (Lipinski definition) is 1. The van der Waals surface area contributed by atoms with E-state index >= 15 is 0 Å². The number of nitrogens with one attached hydrogen (secondary N) is 1. The number of carbonyl (C=O) groups is 1. The van der Waals surface area contributed by atoms with Gasteiger partial charge >= 0.3 is 6.18 Å². The minimum atomic E-state index is -4.83. The van der Waals surface area contributed by atoms with Crippen LogP contribution >= 0.6 is 0 Å². The summed E-state index contributed by atoms with van der Waals surface area (Å²) in [6.07, 6.45) is -0.153. The molecule has 7 heteroatoms. The molecule has 0 radical (unpaired) electrons. The van der Waals surface area contributed by atoms with Crippen molar-refractivity contribution in [2.24, 2.45) is 0 Å². The van der Waals surface area contributed by atoms with E-state index < -0.39 is 23.5 Å². The summed E-state index contributed by atoms with van der Waals surface area (Å²) in [7, 11) is 0.